The Kier molecular flexibility index (Phi) is 4.37. The van der Waals surface area contributed by atoms with E-state index in [9.17, 15) is 0 Å². The molecule has 0 nitrogen and oxygen atoms in total. The Morgan fingerprint density at radius 2 is 1.92 bits per heavy atom. The highest BCUT2D eigenvalue weighted by atomic mass is 79.9. The van der Waals surface area contributed by atoms with Crippen molar-refractivity contribution in [1.29, 1.82) is 0 Å². The van der Waals surface area contributed by atoms with Crippen LogP contribution in [-0.2, 0) is 12.3 Å². The molecule has 13 heavy (non-hydrogen) atoms. The molecule has 0 saturated heterocycles. The van der Waals surface area contributed by atoms with Gasteiger partial charge in [0.05, 0.1) is 10.0 Å². The molecule has 1 aromatic carbocycles. The highest BCUT2D eigenvalue weighted by Gasteiger charge is 2.12. The second kappa shape index (κ2) is 4.88. The molecule has 72 valence electrons. The Bertz CT molecular complexity index is 323. The van der Waals surface area contributed by atoms with Crippen LogP contribution in [0.1, 0.15) is 18.1 Å². The lowest BCUT2D eigenvalue weighted by atomic mass is 10.1. The van der Waals surface area contributed by atoms with Gasteiger partial charge in [0.25, 0.3) is 0 Å². The van der Waals surface area contributed by atoms with E-state index in [1.165, 1.54) is 0 Å². The molecule has 0 amide bonds. The van der Waals surface area contributed by atoms with E-state index in [1.807, 2.05) is 0 Å². The molecule has 0 aliphatic rings. The topological polar surface area (TPSA) is 0 Å². The zero-order chi connectivity index (χ0) is 10.0. The fourth-order valence-corrected chi connectivity index (χ4v) is 2.91. The van der Waals surface area contributed by atoms with Crippen molar-refractivity contribution in [2.75, 3.05) is 0 Å². The minimum absolute atomic E-state index is 0.390. The summed E-state index contributed by atoms with van der Waals surface area (Å²) in [5.41, 5.74) is 2.05. The zero-order valence-electron chi connectivity index (χ0n) is 7.00. The van der Waals surface area contributed by atoms with Crippen molar-refractivity contribution in [3.63, 3.8) is 0 Å². The van der Waals surface area contributed by atoms with E-state index in [2.05, 4.69) is 22.9 Å². The zero-order valence-corrected chi connectivity index (χ0v) is 10.9. The van der Waals surface area contributed by atoms with Gasteiger partial charge in [-0.15, -0.1) is 11.6 Å². The Labute approximate surface area is 101 Å². The van der Waals surface area contributed by atoms with Crippen LogP contribution in [-0.4, -0.2) is 0 Å². The number of rotatable bonds is 2. The van der Waals surface area contributed by atoms with Crippen molar-refractivity contribution < 1.29 is 0 Å². The Morgan fingerprint density at radius 3 is 2.38 bits per heavy atom. The summed E-state index contributed by atoms with van der Waals surface area (Å²) in [5, 5.41) is 1.11. The summed E-state index contributed by atoms with van der Waals surface area (Å²) in [5.74, 6) is 0.390. The molecule has 1 rings (SSSR count). The van der Waals surface area contributed by atoms with E-state index in [0.29, 0.717) is 15.9 Å². The molecule has 0 heterocycles. The van der Waals surface area contributed by atoms with Gasteiger partial charge in [0.2, 0.25) is 0 Å². The van der Waals surface area contributed by atoms with E-state index < -0.39 is 0 Å². The number of hydrogen-bond acceptors (Lipinski definition) is 0. The third-order valence-electron chi connectivity index (χ3n) is 1.87. The molecule has 0 saturated carbocycles. The average Bonchev–Trinajstić information content (AvgIpc) is 2.10. The Hall–Kier alpha value is 0.570. The maximum Gasteiger partial charge on any atom is 0.0639 e. The smallest absolute Gasteiger partial charge is 0.0639 e. The SMILES string of the molecule is CCc1c(Br)cc(Cl)c(Cl)c1CCl. The summed E-state index contributed by atoms with van der Waals surface area (Å²) in [7, 11) is 0. The number of halogens is 4. The summed E-state index contributed by atoms with van der Waals surface area (Å²) in [4.78, 5) is 0. The number of benzene rings is 1. The molecule has 0 fully saturated rings. The minimum atomic E-state index is 0.390. The molecular formula is C9H8BrCl3. The molecule has 0 aliphatic heterocycles. The van der Waals surface area contributed by atoms with Crippen molar-refractivity contribution in [3.05, 3.63) is 31.7 Å². The molecule has 1 aromatic rings. The fraction of sp³-hybridized carbons (Fsp3) is 0.333. The van der Waals surface area contributed by atoms with Crippen LogP contribution < -0.4 is 0 Å². The van der Waals surface area contributed by atoms with Crippen LogP contribution in [0.4, 0.5) is 0 Å². The minimum Gasteiger partial charge on any atom is -0.121 e. The van der Waals surface area contributed by atoms with Gasteiger partial charge >= 0.3 is 0 Å². The highest BCUT2D eigenvalue weighted by Crippen LogP contribution is 2.35. The van der Waals surface area contributed by atoms with Gasteiger partial charge in [0.1, 0.15) is 0 Å². The van der Waals surface area contributed by atoms with Crippen LogP contribution in [0.2, 0.25) is 10.0 Å². The second-order valence-electron chi connectivity index (χ2n) is 2.60. The third kappa shape index (κ3) is 2.33. The first-order valence-electron chi connectivity index (χ1n) is 3.83. The number of hydrogen-bond donors (Lipinski definition) is 0. The molecule has 0 bridgehead atoms. The van der Waals surface area contributed by atoms with Gasteiger partial charge in [-0.1, -0.05) is 46.1 Å². The van der Waals surface area contributed by atoms with Gasteiger partial charge in [0.15, 0.2) is 0 Å². The van der Waals surface area contributed by atoms with Crippen molar-refractivity contribution >= 4 is 50.7 Å². The van der Waals surface area contributed by atoms with Crippen LogP contribution in [0.15, 0.2) is 10.5 Å². The number of alkyl halides is 1. The molecule has 4 heteroatoms. The van der Waals surface area contributed by atoms with Gasteiger partial charge in [-0.2, -0.15) is 0 Å². The summed E-state index contributed by atoms with van der Waals surface area (Å²) >= 11 is 21.1. The van der Waals surface area contributed by atoms with Crippen LogP contribution >= 0.6 is 50.7 Å². The molecular weight excluding hydrogens is 294 g/mol. The molecule has 0 spiro atoms. The summed E-state index contributed by atoms with van der Waals surface area (Å²) in [6, 6.07) is 1.80. The predicted molar refractivity (Wildman–Crippen MR) is 63.1 cm³/mol. The van der Waals surface area contributed by atoms with Crippen molar-refractivity contribution in [3.8, 4) is 0 Å². The quantitative estimate of drug-likeness (QED) is 0.529. The molecule has 0 aliphatic carbocycles. The summed E-state index contributed by atoms with van der Waals surface area (Å²) < 4.78 is 0.972. The first kappa shape index (κ1) is 11.6. The largest absolute Gasteiger partial charge is 0.121 e. The van der Waals surface area contributed by atoms with Gasteiger partial charge in [-0.25, -0.2) is 0 Å². The van der Waals surface area contributed by atoms with Gasteiger partial charge in [0, 0.05) is 10.4 Å². The van der Waals surface area contributed by atoms with Gasteiger partial charge in [-0.3, -0.25) is 0 Å². The molecule has 0 unspecified atom stereocenters. The van der Waals surface area contributed by atoms with E-state index in [1.54, 1.807) is 6.07 Å². The summed E-state index contributed by atoms with van der Waals surface area (Å²) in [6.07, 6.45) is 0.888. The fourth-order valence-electron chi connectivity index (χ4n) is 1.20. The Morgan fingerprint density at radius 1 is 1.31 bits per heavy atom. The van der Waals surface area contributed by atoms with Crippen LogP contribution in [0.5, 0.6) is 0 Å². The average molecular weight is 302 g/mol. The van der Waals surface area contributed by atoms with Gasteiger partial charge in [-0.05, 0) is 23.6 Å². The van der Waals surface area contributed by atoms with E-state index in [4.69, 9.17) is 34.8 Å². The second-order valence-corrected chi connectivity index (χ2v) is 4.51. The molecule has 0 atom stereocenters. The first-order chi connectivity index (χ1) is 6.11. The predicted octanol–water partition coefficient (Wildman–Crippen LogP) is 5.06. The Balaban J connectivity index is 3.41. The van der Waals surface area contributed by atoms with Gasteiger partial charge < -0.3 is 0 Å². The maximum atomic E-state index is 6.01. The lowest BCUT2D eigenvalue weighted by molar-refractivity contribution is 1.09. The lowest BCUT2D eigenvalue weighted by Gasteiger charge is -2.10. The molecule has 0 N–H and O–H groups in total. The van der Waals surface area contributed by atoms with E-state index in [0.717, 1.165) is 22.0 Å². The van der Waals surface area contributed by atoms with Crippen molar-refractivity contribution in [1.82, 2.24) is 0 Å². The third-order valence-corrected chi connectivity index (χ3v) is 3.67. The highest BCUT2D eigenvalue weighted by molar-refractivity contribution is 9.10. The standard InChI is InChI=1S/C9H8BrCl3/c1-2-5-6(4-11)9(13)8(12)3-7(5)10/h3H,2,4H2,1H3. The maximum absolute atomic E-state index is 6.01. The van der Waals surface area contributed by atoms with Crippen molar-refractivity contribution in [2.24, 2.45) is 0 Å². The molecule has 0 aromatic heterocycles. The lowest BCUT2D eigenvalue weighted by Crippen LogP contribution is -1.93. The normalized spacial score (nSPS) is 10.5. The first-order valence-corrected chi connectivity index (χ1v) is 5.91. The molecule has 0 radical (unpaired) electrons. The monoisotopic (exact) mass is 300 g/mol. The van der Waals surface area contributed by atoms with Crippen LogP contribution in [0, 0.1) is 0 Å². The van der Waals surface area contributed by atoms with E-state index in [-0.39, 0.29) is 0 Å². The van der Waals surface area contributed by atoms with Crippen LogP contribution in [0.25, 0.3) is 0 Å². The van der Waals surface area contributed by atoms with E-state index >= 15 is 0 Å². The van der Waals surface area contributed by atoms with Crippen LogP contribution in [0.3, 0.4) is 0 Å². The van der Waals surface area contributed by atoms with Crippen molar-refractivity contribution in [2.45, 2.75) is 19.2 Å². The summed E-state index contributed by atoms with van der Waals surface area (Å²) in [6.45, 7) is 2.06.